The zero-order chi connectivity index (χ0) is 24.4. The summed E-state index contributed by atoms with van der Waals surface area (Å²) in [6.45, 7) is 0. The van der Waals surface area contributed by atoms with Gasteiger partial charge in [-0.3, -0.25) is 9.20 Å². The molecule has 0 bridgehead atoms. The molecule has 1 amide bonds. The van der Waals surface area contributed by atoms with E-state index in [2.05, 4.69) is 20.5 Å². The summed E-state index contributed by atoms with van der Waals surface area (Å²) in [4.78, 5) is 17.7. The molecule has 0 radical (unpaired) electrons. The molecular weight excluding hydrogens is 450 g/mol. The first-order chi connectivity index (χ1) is 17.1. The Kier molecular flexibility index (Phi) is 5.76. The fourth-order valence-electron chi connectivity index (χ4n) is 3.72. The van der Waals surface area contributed by atoms with Crippen LogP contribution < -0.4 is 24.3 Å². The van der Waals surface area contributed by atoms with Crippen LogP contribution in [0.2, 0.25) is 0 Å². The van der Waals surface area contributed by atoms with E-state index in [-0.39, 0.29) is 11.8 Å². The summed E-state index contributed by atoms with van der Waals surface area (Å²) in [5.74, 6) is 1.40. The number of carbonyl (C=O) groups is 1. The largest absolute Gasteiger partial charge is 0.493 e. The van der Waals surface area contributed by atoms with Crippen LogP contribution in [0.5, 0.6) is 28.9 Å². The highest BCUT2D eigenvalue weighted by Gasteiger charge is 2.19. The maximum atomic E-state index is 13.1. The number of aromatic nitrogens is 4. The van der Waals surface area contributed by atoms with Gasteiger partial charge in [0, 0.05) is 5.56 Å². The number of hydrogen-bond donors (Lipinski definition) is 1. The highest BCUT2D eigenvalue weighted by atomic mass is 16.5. The van der Waals surface area contributed by atoms with Crippen LogP contribution >= 0.6 is 0 Å². The lowest BCUT2D eigenvalue weighted by molar-refractivity contribution is 0.102. The van der Waals surface area contributed by atoms with Crippen LogP contribution in [0.25, 0.3) is 16.7 Å². The second-order valence-corrected chi connectivity index (χ2v) is 7.40. The van der Waals surface area contributed by atoms with Crippen molar-refractivity contribution in [1.82, 2.24) is 19.6 Å². The van der Waals surface area contributed by atoms with Gasteiger partial charge in [-0.25, -0.2) is 4.98 Å². The first-order valence-electron chi connectivity index (χ1n) is 10.6. The lowest BCUT2D eigenvalue weighted by atomic mass is 10.1. The van der Waals surface area contributed by atoms with Crippen molar-refractivity contribution in [2.75, 3.05) is 26.6 Å². The molecule has 0 unspecified atom stereocenters. The van der Waals surface area contributed by atoms with Crippen molar-refractivity contribution in [3.63, 3.8) is 0 Å². The predicted molar refractivity (Wildman–Crippen MR) is 129 cm³/mol. The van der Waals surface area contributed by atoms with Crippen LogP contribution in [-0.2, 0) is 0 Å². The number of anilines is 1. The highest BCUT2D eigenvalue weighted by Crippen LogP contribution is 2.39. The van der Waals surface area contributed by atoms with E-state index in [1.807, 2.05) is 24.3 Å². The quantitative estimate of drug-likeness (QED) is 0.373. The van der Waals surface area contributed by atoms with E-state index in [0.29, 0.717) is 45.4 Å². The van der Waals surface area contributed by atoms with Crippen molar-refractivity contribution in [2.45, 2.75) is 0 Å². The average molecular weight is 471 g/mol. The Morgan fingerprint density at radius 3 is 2.34 bits per heavy atom. The number of fused-ring (bicyclic) bond motifs is 3. The summed E-state index contributed by atoms with van der Waals surface area (Å²) >= 11 is 0. The number of para-hydroxylation sites is 4. The summed E-state index contributed by atoms with van der Waals surface area (Å²) in [7, 11) is 4.48. The van der Waals surface area contributed by atoms with Crippen molar-refractivity contribution >= 4 is 28.3 Å². The molecule has 0 aliphatic rings. The molecule has 3 aromatic carbocycles. The second-order valence-electron chi connectivity index (χ2n) is 7.40. The number of carbonyl (C=O) groups excluding carboxylic acids is 1. The molecule has 5 aromatic rings. The molecule has 2 aromatic heterocycles. The van der Waals surface area contributed by atoms with Gasteiger partial charge in [0.1, 0.15) is 6.33 Å². The molecule has 0 saturated heterocycles. The standard InChI is InChI=1S/C25H21N5O5/c1-32-20-12-15(13-21(33-2)22(20)34-3)24(31)27-17-9-5-7-11-19(17)35-25-23-29-26-14-30(23)18-10-6-4-8-16(18)28-25/h4-14H,1-3H3,(H,27,31). The minimum absolute atomic E-state index is 0.260. The third-order valence-electron chi connectivity index (χ3n) is 5.37. The first kappa shape index (κ1) is 22.0. The highest BCUT2D eigenvalue weighted by molar-refractivity contribution is 6.05. The lowest BCUT2D eigenvalue weighted by Gasteiger charge is -2.15. The summed E-state index contributed by atoms with van der Waals surface area (Å²) in [5, 5.41) is 11.0. The van der Waals surface area contributed by atoms with Gasteiger partial charge < -0.3 is 24.3 Å². The maximum absolute atomic E-state index is 13.1. The van der Waals surface area contributed by atoms with Gasteiger partial charge in [-0.1, -0.05) is 24.3 Å². The molecule has 0 atom stereocenters. The molecule has 5 rings (SSSR count). The predicted octanol–water partition coefficient (Wildman–Crippen LogP) is 4.35. The molecule has 0 aliphatic carbocycles. The van der Waals surface area contributed by atoms with Crippen LogP contribution in [0.3, 0.4) is 0 Å². The van der Waals surface area contributed by atoms with Gasteiger partial charge in [0.25, 0.3) is 11.8 Å². The third-order valence-corrected chi connectivity index (χ3v) is 5.37. The molecule has 35 heavy (non-hydrogen) atoms. The van der Waals surface area contributed by atoms with E-state index >= 15 is 0 Å². The molecule has 0 spiro atoms. The number of benzene rings is 3. The van der Waals surface area contributed by atoms with Crippen molar-refractivity contribution in [3.05, 3.63) is 72.6 Å². The van der Waals surface area contributed by atoms with Gasteiger partial charge in [0.2, 0.25) is 11.4 Å². The summed E-state index contributed by atoms with van der Waals surface area (Å²) < 4.78 is 24.0. The summed E-state index contributed by atoms with van der Waals surface area (Å²) in [6, 6.07) is 17.8. The number of rotatable bonds is 7. The second kappa shape index (κ2) is 9.18. The van der Waals surface area contributed by atoms with Crippen molar-refractivity contribution in [2.24, 2.45) is 0 Å². The maximum Gasteiger partial charge on any atom is 0.266 e. The minimum Gasteiger partial charge on any atom is -0.493 e. The molecule has 10 heteroatoms. The molecular formula is C25H21N5O5. The smallest absolute Gasteiger partial charge is 0.266 e. The molecule has 176 valence electrons. The Hall–Kier alpha value is -4.86. The molecule has 1 N–H and O–H groups in total. The van der Waals surface area contributed by atoms with Gasteiger partial charge in [-0.05, 0) is 36.4 Å². The number of hydrogen-bond acceptors (Lipinski definition) is 8. The third kappa shape index (κ3) is 4.01. The Bertz CT molecular complexity index is 1520. The van der Waals surface area contributed by atoms with Gasteiger partial charge >= 0.3 is 0 Å². The van der Waals surface area contributed by atoms with E-state index in [1.54, 1.807) is 47.1 Å². The topological polar surface area (TPSA) is 109 Å². The first-order valence-corrected chi connectivity index (χ1v) is 10.6. The minimum atomic E-state index is -0.389. The van der Waals surface area contributed by atoms with E-state index in [9.17, 15) is 4.79 Å². The molecule has 10 nitrogen and oxygen atoms in total. The number of amides is 1. The fraction of sp³-hybridized carbons (Fsp3) is 0.120. The zero-order valence-corrected chi connectivity index (χ0v) is 19.2. The fourth-order valence-corrected chi connectivity index (χ4v) is 3.72. The lowest BCUT2D eigenvalue weighted by Crippen LogP contribution is -2.13. The van der Waals surface area contributed by atoms with Crippen molar-refractivity contribution in [1.29, 1.82) is 0 Å². The average Bonchev–Trinajstić information content (AvgIpc) is 3.39. The normalized spacial score (nSPS) is 10.8. The van der Waals surface area contributed by atoms with Crippen molar-refractivity contribution < 1.29 is 23.7 Å². The molecule has 0 fully saturated rings. The van der Waals surface area contributed by atoms with Crippen LogP contribution in [0.4, 0.5) is 5.69 Å². The summed E-state index contributed by atoms with van der Waals surface area (Å²) in [5.41, 5.74) is 2.78. The Balaban J connectivity index is 1.49. The Morgan fingerprint density at radius 1 is 0.886 bits per heavy atom. The monoisotopic (exact) mass is 471 g/mol. The van der Waals surface area contributed by atoms with Crippen LogP contribution in [0, 0.1) is 0 Å². The molecule has 0 aliphatic heterocycles. The molecule has 2 heterocycles. The van der Waals surface area contributed by atoms with Crippen molar-refractivity contribution in [3.8, 4) is 28.9 Å². The van der Waals surface area contributed by atoms with Crippen LogP contribution in [-0.4, -0.2) is 46.8 Å². The number of nitrogens with zero attached hydrogens (tertiary/aromatic N) is 4. The van der Waals surface area contributed by atoms with Gasteiger partial charge in [0.05, 0.1) is 38.1 Å². The zero-order valence-electron chi connectivity index (χ0n) is 19.2. The van der Waals surface area contributed by atoms with Gasteiger partial charge in [-0.15, -0.1) is 10.2 Å². The number of nitrogens with one attached hydrogen (secondary N) is 1. The van der Waals surface area contributed by atoms with Gasteiger partial charge in [-0.2, -0.15) is 0 Å². The molecule has 0 saturated carbocycles. The Labute approximate surface area is 200 Å². The van der Waals surface area contributed by atoms with E-state index in [4.69, 9.17) is 18.9 Å². The van der Waals surface area contributed by atoms with Gasteiger partial charge in [0.15, 0.2) is 17.2 Å². The number of methoxy groups -OCH3 is 3. The van der Waals surface area contributed by atoms with Crippen LogP contribution in [0.1, 0.15) is 10.4 Å². The van der Waals surface area contributed by atoms with Crippen LogP contribution in [0.15, 0.2) is 67.0 Å². The van der Waals surface area contributed by atoms with E-state index in [0.717, 1.165) is 5.52 Å². The SMILES string of the molecule is COc1cc(C(=O)Nc2ccccc2Oc2nc3ccccc3n3cnnc23)cc(OC)c1OC. The summed E-state index contributed by atoms with van der Waals surface area (Å²) in [6.07, 6.45) is 1.60. The van der Waals surface area contributed by atoms with E-state index < -0.39 is 0 Å². The number of ether oxygens (including phenoxy) is 4. The Morgan fingerprint density at radius 2 is 1.60 bits per heavy atom. The van der Waals surface area contributed by atoms with E-state index in [1.165, 1.54) is 21.3 Å².